The first-order valence-electron chi connectivity index (χ1n) is 9.14. The number of fused-ring (bicyclic) bond motifs is 1. The Morgan fingerprint density at radius 2 is 1.63 bits per heavy atom. The number of aromatic nitrogens is 2. The second-order valence-corrected chi connectivity index (χ2v) is 6.40. The van der Waals surface area contributed by atoms with Crippen LogP contribution in [0.5, 0.6) is 0 Å². The highest BCUT2D eigenvalue weighted by molar-refractivity contribution is 5.81. The lowest BCUT2D eigenvalue weighted by Gasteiger charge is -2.23. The highest BCUT2D eigenvalue weighted by Crippen LogP contribution is 2.13. The molecule has 0 aliphatic rings. The third kappa shape index (κ3) is 4.11. The number of nitrogens with zero attached hydrogens (tertiary/aromatic N) is 3. The van der Waals surface area contributed by atoms with E-state index in [1.165, 1.54) is 0 Å². The van der Waals surface area contributed by atoms with E-state index in [1.807, 2.05) is 61.5 Å². The van der Waals surface area contributed by atoms with Crippen LogP contribution >= 0.6 is 0 Å². The van der Waals surface area contributed by atoms with Gasteiger partial charge in [0, 0.05) is 26.7 Å². The average molecular weight is 367 g/mol. The van der Waals surface area contributed by atoms with Gasteiger partial charge >= 0.3 is 5.69 Å². The zero-order valence-corrected chi connectivity index (χ0v) is 15.8. The fourth-order valence-electron chi connectivity index (χ4n) is 3.26. The van der Waals surface area contributed by atoms with Crippen LogP contribution in [0.25, 0.3) is 11.0 Å². The first-order chi connectivity index (χ1) is 13.2. The molecule has 0 bridgehead atoms. The van der Waals surface area contributed by atoms with Crippen molar-refractivity contribution in [3.8, 4) is 0 Å². The van der Waals surface area contributed by atoms with Crippen molar-refractivity contribution in [1.82, 2.24) is 14.0 Å². The first kappa shape index (κ1) is 18.9. The number of methoxy groups -OCH3 is 1. The number of para-hydroxylation sites is 2. The van der Waals surface area contributed by atoms with Gasteiger partial charge in [-0.3, -0.25) is 13.9 Å². The number of hydrogen-bond donors (Lipinski definition) is 0. The SMILES string of the molecule is CCn1c(=O)n(CC(=O)N(CCOC)Cc2ccccc2)c2ccccc21. The van der Waals surface area contributed by atoms with E-state index >= 15 is 0 Å². The van der Waals surface area contributed by atoms with E-state index in [9.17, 15) is 9.59 Å². The van der Waals surface area contributed by atoms with E-state index < -0.39 is 0 Å². The molecule has 0 saturated carbocycles. The van der Waals surface area contributed by atoms with Gasteiger partial charge in [0.15, 0.2) is 0 Å². The molecule has 0 N–H and O–H groups in total. The molecule has 3 aromatic rings. The molecule has 0 radical (unpaired) electrons. The number of hydrogen-bond acceptors (Lipinski definition) is 3. The lowest BCUT2D eigenvalue weighted by atomic mass is 10.2. The molecule has 3 rings (SSSR count). The van der Waals surface area contributed by atoms with E-state index in [-0.39, 0.29) is 18.1 Å². The smallest absolute Gasteiger partial charge is 0.329 e. The highest BCUT2D eigenvalue weighted by atomic mass is 16.5. The third-order valence-corrected chi connectivity index (χ3v) is 4.67. The maximum Gasteiger partial charge on any atom is 0.329 e. The molecular weight excluding hydrogens is 342 g/mol. The molecule has 0 spiro atoms. The van der Waals surface area contributed by atoms with Gasteiger partial charge in [0.05, 0.1) is 17.6 Å². The summed E-state index contributed by atoms with van der Waals surface area (Å²) >= 11 is 0. The van der Waals surface area contributed by atoms with Crippen LogP contribution in [0.4, 0.5) is 0 Å². The second-order valence-electron chi connectivity index (χ2n) is 6.40. The van der Waals surface area contributed by atoms with Crippen molar-refractivity contribution in [1.29, 1.82) is 0 Å². The molecule has 0 saturated heterocycles. The molecule has 0 atom stereocenters. The fraction of sp³-hybridized carbons (Fsp3) is 0.333. The minimum Gasteiger partial charge on any atom is -0.383 e. The summed E-state index contributed by atoms with van der Waals surface area (Å²) in [4.78, 5) is 27.5. The maximum atomic E-state index is 13.0. The Morgan fingerprint density at radius 3 is 2.26 bits per heavy atom. The fourth-order valence-corrected chi connectivity index (χ4v) is 3.26. The molecule has 6 heteroatoms. The molecule has 0 fully saturated rings. The minimum atomic E-state index is -0.154. The van der Waals surface area contributed by atoms with Crippen LogP contribution in [0.2, 0.25) is 0 Å². The molecule has 0 aliphatic carbocycles. The van der Waals surface area contributed by atoms with Crippen molar-refractivity contribution >= 4 is 16.9 Å². The largest absolute Gasteiger partial charge is 0.383 e. The average Bonchev–Trinajstić information content (AvgIpc) is 2.97. The van der Waals surface area contributed by atoms with Gasteiger partial charge in [0.25, 0.3) is 0 Å². The van der Waals surface area contributed by atoms with Gasteiger partial charge in [0.2, 0.25) is 5.91 Å². The lowest BCUT2D eigenvalue weighted by Crippen LogP contribution is -2.38. The van der Waals surface area contributed by atoms with Crippen LogP contribution in [0.1, 0.15) is 12.5 Å². The molecule has 27 heavy (non-hydrogen) atoms. The van der Waals surface area contributed by atoms with Crippen LogP contribution in [-0.2, 0) is 29.2 Å². The van der Waals surface area contributed by atoms with Gasteiger partial charge in [0.1, 0.15) is 6.54 Å². The Labute approximate surface area is 158 Å². The van der Waals surface area contributed by atoms with Crippen molar-refractivity contribution < 1.29 is 9.53 Å². The molecule has 0 aliphatic heterocycles. The van der Waals surface area contributed by atoms with Gasteiger partial charge in [-0.2, -0.15) is 0 Å². The first-order valence-corrected chi connectivity index (χ1v) is 9.14. The number of ether oxygens (including phenoxy) is 1. The normalized spacial score (nSPS) is 11.0. The number of amides is 1. The van der Waals surface area contributed by atoms with E-state index in [0.29, 0.717) is 26.2 Å². The van der Waals surface area contributed by atoms with Crippen LogP contribution in [0.15, 0.2) is 59.4 Å². The van der Waals surface area contributed by atoms with E-state index in [4.69, 9.17) is 4.74 Å². The number of rotatable bonds is 8. The van der Waals surface area contributed by atoms with Crippen molar-refractivity contribution in [2.24, 2.45) is 0 Å². The zero-order valence-electron chi connectivity index (χ0n) is 15.8. The molecule has 1 amide bonds. The van der Waals surface area contributed by atoms with Crippen molar-refractivity contribution in [2.75, 3.05) is 20.3 Å². The predicted molar refractivity (Wildman–Crippen MR) is 106 cm³/mol. The Bertz CT molecular complexity index is 960. The summed E-state index contributed by atoms with van der Waals surface area (Å²) < 4.78 is 8.41. The van der Waals surface area contributed by atoms with Crippen LogP contribution in [0.3, 0.4) is 0 Å². The maximum absolute atomic E-state index is 13.0. The molecule has 0 unspecified atom stereocenters. The summed E-state index contributed by atoms with van der Waals surface area (Å²) in [5.41, 5.74) is 2.53. The number of aryl methyl sites for hydroxylation is 1. The summed E-state index contributed by atoms with van der Waals surface area (Å²) in [5, 5.41) is 0. The second kappa shape index (κ2) is 8.68. The summed E-state index contributed by atoms with van der Waals surface area (Å²) in [6, 6.07) is 17.4. The zero-order chi connectivity index (χ0) is 19.2. The summed E-state index contributed by atoms with van der Waals surface area (Å²) in [6.07, 6.45) is 0. The third-order valence-electron chi connectivity index (χ3n) is 4.67. The van der Waals surface area contributed by atoms with Gasteiger partial charge in [-0.25, -0.2) is 4.79 Å². The quantitative estimate of drug-likeness (QED) is 0.615. The predicted octanol–water partition coefficient (Wildman–Crippen LogP) is 2.50. The van der Waals surface area contributed by atoms with Gasteiger partial charge in [-0.15, -0.1) is 0 Å². The Morgan fingerprint density at radius 1 is 1.00 bits per heavy atom. The van der Waals surface area contributed by atoms with E-state index in [2.05, 4.69) is 0 Å². The standard InChI is InChI=1S/C21H25N3O3/c1-3-23-18-11-7-8-12-19(18)24(21(23)26)16-20(25)22(13-14-27-2)15-17-9-5-4-6-10-17/h4-12H,3,13-16H2,1-2H3. The Hall–Kier alpha value is -2.86. The van der Waals surface area contributed by atoms with Gasteiger partial charge < -0.3 is 9.64 Å². The summed E-state index contributed by atoms with van der Waals surface area (Å²) in [7, 11) is 1.62. The van der Waals surface area contributed by atoms with E-state index in [0.717, 1.165) is 16.6 Å². The van der Waals surface area contributed by atoms with Crippen molar-refractivity contribution in [3.05, 3.63) is 70.6 Å². The van der Waals surface area contributed by atoms with Crippen LogP contribution < -0.4 is 5.69 Å². The van der Waals surface area contributed by atoms with Crippen molar-refractivity contribution in [3.63, 3.8) is 0 Å². The van der Waals surface area contributed by atoms with Crippen LogP contribution in [0, 0.1) is 0 Å². The number of imidazole rings is 1. The van der Waals surface area contributed by atoms with Crippen LogP contribution in [-0.4, -0.2) is 40.2 Å². The number of carbonyl (C=O) groups excluding carboxylic acids is 1. The van der Waals surface area contributed by atoms with Crippen molar-refractivity contribution in [2.45, 2.75) is 26.6 Å². The van der Waals surface area contributed by atoms with Gasteiger partial charge in [-0.1, -0.05) is 42.5 Å². The summed E-state index contributed by atoms with van der Waals surface area (Å²) in [5.74, 6) is -0.1000. The number of carbonyl (C=O) groups is 1. The number of benzene rings is 2. The topological polar surface area (TPSA) is 56.5 Å². The molecule has 1 aromatic heterocycles. The Balaban J connectivity index is 1.88. The molecule has 1 heterocycles. The highest BCUT2D eigenvalue weighted by Gasteiger charge is 2.19. The summed E-state index contributed by atoms with van der Waals surface area (Å²) in [6.45, 7) is 3.93. The molecule has 2 aromatic carbocycles. The molecular formula is C21H25N3O3. The van der Waals surface area contributed by atoms with Gasteiger partial charge in [-0.05, 0) is 24.6 Å². The monoisotopic (exact) mass is 367 g/mol. The molecule has 6 nitrogen and oxygen atoms in total. The van der Waals surface area contributed by atoms with E-state index in [1.54, 1.807) is 21.1 Å². The molecule has 142 valence electrons. The minimum absolute atomic E-state index is 0.0168. The lowest BCUT2D eigenvalue weighted by molar-refractivity contribution is -0.133. The Kier molecular flexibility index (Phi) is 6.08.